The third kappa shape index (κ3) is 2.88. The first-order valence-corrected chi connectivity index (χ1v) is 7.16. The summed E-state index contributed by atoms with van der Waals surface area (Å²) < 4.78 is 0. The summed E-state index contributed by atoms with van der Waals surface area (Å²) in [5, 5.41) is 10.2. The van der Waals surface area contributed by atoms with E-state index in [-0.39, 0.29) is 13.5 Å². The minimum atomic E-state index is -1.20. The Morgan fingerprint density at radius 2 is 0.870 bits per heavy atom. The van der Waals surface area contributed by atoms with Crippen molar-refractivity contribution in [1.82, 2.24) is 0 Å². The van der Waals surface area contributed by atoms with Crippen molar-refractivity contribution >= 4 is 19.5 Å². The molecule has 1 N–H and O–H groups in total. The molecule has 23 heavy (non-hydrogen) atoms. The summed E-state index contributed by atoms with van der Waals surface area (Å²) in [7, 11) is 0. The van der Waals surface area contributed by atoms with Crippen molar-refractivity contribution in [2.45, 2.75) is 5.41 Å². The minimum absolute atomic E-state index is 0. The molecule has 0 saturated carbocycles. The van der Waals surface area contributed by atoms with Crippen LogP contribution in [0.2, 0.25) is 0 Å². The van der Waals surface area contributed by atoms with Crippen LogP contribution in [0.3, 0.4) is 0 Å². The number of benzene rings is 3. The molecule has 0 fully saturated rings. The van der Waals surface area contributed by atoms with Crippen LogP contribution in [0.25, 0.3) is 0 Å². The molecular formula is C20H18O2S. The normalized spacial score (nSPS) is 10.6. The highest BCUT2D eigenvalue weighted by molar-refractivity contribution is 7.59. The summed E-state index contributed by atoms with van der Waals surface area (Å²) in [6.07, 6.45) is 0. The molecule has 0 aliphatic heterocycles. The molecule has 0 heterocycles. The lowest BCUT2D eigenvalue weighted by Crippen LogP contribution is -2.38. The molecule has 0 saturated heterocycles. The summed E-state index contributed by atoms with van der Waals surface area (Å²) in [5.74, 6) is -0.879. The number of carbonyl (C=O) groups is 1. The zero-order chi connectivity index (χ0) is 15.4. The summed E-state index contributed by atoms with van der Waals surface area (Å²) in [5.41, 5.74) is 1.05. The molecule has 0 aliphatic rings. The van der Waals surface area contributed by atoms with Gasteiger partial charge in [0.25, 0.3) is 0 Å². The Morgan fingerprint density at radius 3 is 1.09 bits per heavy atom. The van der Waals surface area contributed by atoms with Crippen LogP contribution in [-0.4, -0.2) is 11.1 Å². The number of hydrogen-bond donors (Lipinski definition) is 1. The third-order valence-corrected chi connectivity index (χ3v) is 3.94. The lowest BCUT2D eigenvalue weighted by Gasteiger charge is -2.31. The molecule has 3 aromatic carbocycles. The van der Waals surface area contributed by atoms with Gasteiger partial charge in [-0.3, -0.25) is 4.79 Å². The van der Waals surface area contributed by atoms with Gasteiger partial charge in [0.15, 0.2) is 0 Å². The van der Waals surface area contributed by atoms with E-state index in [1.807, 2.05) is 91.0 Å². The summed E-state index contributed by atoms with van der Waals surface area (Å²) in [6.45, 7) is 0. The van der Waals surface area contributed by atoms with E-state index in [0.29, 0.717) is 0 Å². The van der Waals surface area contributed by atoms with Gasteiger partial charge >= 0.3 is 5.97 Å². The zero-order valence-electron chi connectivity index (χ0n) is 12.5. The molecule has 0 spiro atoms. The maximum Gasteiger partial charge on any atom is 0.323 e. The van der Waals surface area contributed by atoms with E-state index in [9.17, 15) is 9.90 Å². The van der Waals surface area contributed by atoms with Crippen LogP contribution < -0.4 is 0 Å². The van der Waals surface area contributed by atoms with Gasteiger partial charge in [-0.1, -0.05) is 91.0 Å². The summed E-state index contributed by atoms with van der Waals surface area (Å²) >= 11 is 0. The first-order valence-electron chi connectivity index (χ1n) is 7.16. The monoisotopic (exact) mass is 322 g/mol. The third-order valence-electron chi connectivity index (χ3n) is 3.94. The Bertz CT molecular complexity index is 659. The van der Waals surface area contributed by atoms with E-state index in [1.165, 1.54) is 0 Å². The highest BCUT2D eigenvalue weighted by atomic mass is 32.1. The molecule has 0 aromatic heterocycles. The van der Waals surface area contributed by atoms with Gasteiger partial charge in [0.1, 0.15) is 5.41 Å². The molecule has 3 aromatic rings. The summed E-state index contributed by atoms with van der Waals surface area (Å²) in [6, 6.07) is 28.1. The number of aliphatic carboxylic acids is 1. The molecule has 0 amide bonds. The second kappa shape index (κ2) is 7.16. The number of hydrogen-bond acceptors (Lipinski definition) is 1. The highest BCUT2D eigenvalue weighted by Crippen LogP contribution is 2.39. The average molecular weight is 322 g/mol. The topological polar surface area (TPSA) is 37.3 Å². The molecule has 3 rings (SSSR count). The van der Waals surface area contributed by atoms with Gasteiger partial charge in [-0.25, -0.2) is 0 Å². The lowest BCUT2D eigenvalue weighted by molar-refractivity contribution is -0.140. The van der Waals surface area contributed by atoms with Gasteiger partial charge in [-0.05, 0) is 16.7 Å². The van der Waals surface area contributed by atoms with Gasteiger partial charge in [-0.2, -0.15) is 13.5 Å². The molecule has 0 atom stereocenters. The second-order valence-corrected chi connectivity index (χ2v) is 5.15. The molecular weight excluding hydrogens is 304 g/mol. The number of carboxylic acid groups (broad SMARTS) is 1. The first kappa shape index (κ1) is 16.8. The van der Waals surface area contributed by atoms with Gasteiger partial charge in [0, 0.05) is 0 Å². The molecule has 0 radical (unpaired) electrons. The van der Waals surface area contributed by atoms with Crippen LogP contribution in [0.5, 0.6) is 0 Å². The number of rotatable bonds is 4. The molecule has 2 nitrogen and oxygen atoms in total. The van der Waals surface area contributed by atoms with Crippen molar-refractivity contribution in [2.75, 3.05) is 0 Å². The SMILES string of the molecule is O=C(O)C(c1ccccc1)(c1ccccc1)c1ccccc1.S. The second-order valence-electron chi connectivity index (χ2n) is 5.15. The maximum absolute atomic E-state index is 12.4. The van der Waals surface area contributed by atoms with Crippen LogP contribution in [0.15, 0.2) is 91.0 Å². The van der Waals surface area contributed by atoms with E-state index in [2.05, 4.69) is 0 Å². The number of carboxylic acids is 1. The van der Waals surface area contributed by atoms with Crippen molar-refractivity contribution in [3.63, 3.8) is 0 Å². The van der Waals surface area contributed by atoms with Crippen LogP contribution in [0.4, 0.5) is 0 Å². The van der Waals surface area contributed by atoms with Crippen LogP contribution in [0.1, 0.15) is 16.7 Å². The molecule has 0 unspecified atom stereocenters. The van der Waals surface area contributed by atoms with Crippen molar-refractivity contribution in [3.8, 4) is 0 Å². The maximum atomic E-state index is 12.4. The fraction of sp³-hybridized carbons (Fsp3) is 0.0500. The van der Waals surface area contributed by atoms with E-state index >= 15 is 0 Å². The van der Waals surface area contributed by atoms with Crippen LogP contribution >= 0.6 is 13.5 Å². The molecule has 0 aliphatic carbocycles. The van der Waals surface area contributed by atoms with Gasteiger partial charge in [-0.15, -0.1) is 0 Å². The Labute approximate surface area is 142 Å². The zero-order valence-corrected chi connectivity index (χ0v) is 13.5. The molecule has 3 heteroatoms. The smallest absolute Gasteiger partial charge is 0.323 e. The Hall–Kier alpha value is -2.52. The van der Waals surface area contributed by atoms with Gasteiger partial charge in [0.2, 0.25) is 0 Å². The van der Waals surface area contributed by atoms with Crippen molar-refractivity contribution in [3.05, 3.63) is 108 Å². The fourth-order valence-corrected chi connectivity index (χ4v) is 2.93. The predicted molar refractivity (Wildman–Crippen MR) is 97.2 cm³/mol. The Balaban J connectivity index is 0.00000192. The average Bonchev–Trinajstić information content (AvgIpc) is 2.58. The van der Waals surface area contributed by atoms with E-state index < -0.39 is 11.4 Å². The van der Waals surface area contributed by atoms with Gasteiger partial charge < -0.3 is 5.11 Å². The van der Waals surface area contributed by atoms with E-state index in [4.69, 9.17) is 0 Å². The van der Waals surface area contributed by atoms with Crippen LogP contribution in [-0.2, 0) is 10.2 Å². The Morgan fingerprint density at radius 1 is 0.609 bits per heavy atom. The van der Waals surface area contributed by atoms with Crippen LogP contribution in [0, 0.1) is 0 Å². The largest absolute Gasteiger partial charge is 0.480 e. The predicted octanol–water partition coefficient (Wildman–Crippen LogP) is 4.22. The van der Waals surface area contributed by atoms with E-state index in [1.54, 1.807) is 0 Å². The Kier molecular flexibility index (Phi) is 5.24. The fourth-order valence-electron chi connectivity index (χ4n) is 2.93. The van der Waals surface area contributed by atoms with Crippen molar-refractivity contribution < 1.29 is 9.90 Å². The summed E-state index contributed by atoms with van der Waals surface area (Å²) in [4.78, 5) is 12.4. The lowest BCUT2D eigenvalue weighted by atomic mass is 9.69. The highest BCUT2D eigenvalue weighted by Gasteiger charge is 2.43. The first-order chi connectivity index (χ1) is 10.8. The van der Waals surface area contributed by atoms with Crippen molar-refractivity contribution in [1.29, 1.82) is 0 Å². The molecule has 0 bridgehead atoms. The van der Waals surface area contributed by atoms with E-state index in [0.717, 1.165) is 16.7 Å². The van der Waals surface area contributed by atoms with Gasteiger partial charge in [0.05, 0.1) is 0 Å². The quantitative estimate of drug-likeness (QED) is 0.730. The van der Waals surface area contributed by atoms with Crippen molar-refractivity contribution in [2.24, 2.45) is 0 Å². The molecule has 116 valence electrons. The standard InChI is InChI=1S/C20H16O2.H2S/c21-19(22)20(16-10-4-1-5-11-16,17-12-6-2-7-13-17)18-14-8-3-9-15-18;/h1-15H,(H,21,22);1H2. The minimum Gasteiger partial charge on any atom is -0.480 e.